The number of anilines is 1. The monoisotopic (exact) mass is 308 g/mol. The van der Waals surface area contributed by atoms with Crippen LogP contribution in [-0.2, 0) is 19.4 Å². The summed E-state index contributed by atoms with van der Waals surface area (Å²) < 4.78 is 0. The summed E-state index contributed by atoms with van der Waals surface area (Å²) in [7, 11) is 0. The molecule has 0 radical (unpaired) electrons. The van der Waals surface area contributed by atoms with Crippen LogP contribution in [0.15, 0.2) is 42.5 Å². The van der Waals surface area contributed by atoms with E-state index in [1.807, 2.05) is 30.3 Å². The molecule has 2 N–H and O–H groups in total. The maximum absolute atomic E-state index is 12.6. The second-order valence-corrected chi connectivity index (χ2v) is 6.08. The molecule has 0 fully saturated rings. The molecule has 2 aromatic carbocycles. The lowest BCUT2D eigenvalue weighted by atomic mass is 9.90. The Bertz CT molecular complexity index is 694. The Hall–Kier alpha value is -2.13. The molecule has 0 aromatic heterocycles. The molecule has 3 nitrogen and oxygen atoms in total. The molecular formula is C20H24N2O. The molecular weight excluding hydrogens is 284 g/mol. The van der Waals surface area contributed by atoms with Gasteiger partial charge in [-0.3, -0.25) is 4.79 Å². The highest BCUT2D eigenvalue weighted by Crippen LogP contribution is 2.23. The molecule has 23 heavy (non-hydrogen) atoms. The number of nitrogens with one attached hydrogen (secondary N) is 2. The van der Waals surface area contributed by atoms with E-state index in [0.717, 1.165) is 42.7 Å². The van der Waals surface area contributed by atoms with E-state index in [4.69, 9.17) is 0 Å². The van der Waals surface area contributed by atoms with Crippen molar-refractivity contribution in [3.05, 3.63) is 64.7 Å². The zero-order valence-corrected chi connectivity index (χ0v) is 13.7. The van der Waals surface area contributed by atoms with Gasteiger partial charge in [0.15, 0.2) is 0 Å². The first-order valence-electron chi connectivity index (χ1n) is 8.49. The SMILES string of the molecule is CCNCc1ccccc1NC(=O)c1ccc2c(c1)CCCC2. The minimum absolute atomic E-state index is 0.0256. The van der Waals surface area contributed by atoms with Crippen molar-refractivity contribution >= 4 is 11.6 Å². The molecule has 1 amide bonds. The van der Waals surface area contributed by atoms with Gasteiger partial charge in [-0.1, -0.05) is 31.2 Å². The second-order valence-electron chi connectivity index (χ2n) is 6.08. The zero-order valence-electron chi connectivity index (χ0n) is 13.7. The van der Waals surface area contributed by atoms with Crippen molar-refractivity contribution < 1.29 is 4.79 Å². The van der Waals surface area contributed by atoms with Crippen LogP contribution in [0.25, 0.3) is 0 Å². The third-order valence-electron chi connectivity index (χ3n) is 4.44. The Balaban J connectivity index is 1.77. The Labute approximate surface area is 138 Å². The fourth-order valence-electron chi connectivity index (χ4n) is 3.13. The number of hydrogen-bond acceptors (Lipinski definition) is 2. The molecule has 0 heterocycles. The van der Waals surface area contributed by atoms with Crippen molar-refractivity contribution in [2.24, 2.45) is 0 Å². The van der Waals surface area contributed by atoms with Crippen molar-refractivity contribution in [2.75, 3.05) is 11.9 Å². The third kappa shape index (κ3) is 3.80. The van der Waals surface area contributed by atoms with E-state index in [2.05, 4.69) is 29.7 Å². The van der Waals surface area contributed by atoms with Crippen LogP contribution in [0.2, 0.25) is 0 Å². The van der Waals surface area contributed by atoms with E-state index >= 15 is 0 Å². The minimum atomic E-state index is -0.0256. The minimum Gasteiger partial charge on any atom is -0.322 e. The zero-order chi connectivity index (χ0) is 16.1. The molecule has 3 rings (SSSR count). The number of amides is 1. The van der Waals surface area contributed by atoms with Gasteiger partial charge in [-0.05, 0) is 67.1 Å². The average molecular weight is 308 g/mol. The lowest BCUT2D eigenvalue weighted by Gasteiger charge is -2.17. The Morgan fingerprint density at radius 3 is 2.65 bits per heavy atom. The first kappa shape index (κ1) is 15.8. The lowest BCUT2D eigenvalue weighted by Crippen LogP contribution is -2.17. The summed E-state index contributed by atoms with van der Waals surface area (Å²) in [6, 6.07) is 14.1. The van der Waals surface area contributed by atoms with Gasteiger partial charge in [0.05, 0.1) is 0 Å². The molecule has 0 unspecified atom stereocenters. The predicted molar refractivity (Wildman–Crippen MR) is 94.9 cm³/mol. The molecule has 120 valence electrons. The highest BCUT2D eigenvalue weighted by Gasteiger charge is 2.13. The normalized spacial score (nSPS) is 13.4. The van der Waals surface area contributed by atoms with Crippen molar-refractivity contribution in [3.63, 3.8) is 0 Å². The lowest BCUT2D eigenvalue weighted by molar-refractivity contribution is 0.102. The molecule has 0 aliphatic heterocycles. The molecule has 0 saturated carbocycles. The molecule has 0 bridgehead atoms. The summed E-state index contributed by atoms with van der Waals surface area (Å²) in [4.78, 5) is 12.6. The Morgan fingerprint density at radius 1 is 1.04 bits per heavy atom. The number of hydrogen-bond donors (Lipinski definition) is 2. The smallest absolute Gasteiger partial charge is 0.255 e. The van der Waals surface area contributed by atoms with Gasteiger partial charge in [-0.15, -0.1) is 0 Å². The van der Waals surface area contributed by atoms with Gasteiger partial charge in [-0.2, -0.15) is 0 Å². The first-order chi connectivity index (χ1) is 11.3. The van der Waals surface area contributed by atoms with Gasteiger partial charge in [0.25, 0.3) is 5.91 Å². The van der Waals surface area contributed by atoms with Crippen LogP contribution in [0.4, 0.5) is 5.69 Å². The van der Waals surface area contributed by atoms with E-state index in [-0.39, 0.29) is 5.91 Å². The summed E-state index contributed by atoms with van der Waals surface area (Å²) in [5.74, 6) is -0.0256. The van der Waals surface area contributed by atoms with E-state index < -0.39 is 0 Å². The fourth-order valence-corrected chi connectivity index (χ4v) is 3.13. The summed E-state index contributed by atoms with van der Waals surface area (Å²) in [6.07, 6.45) is 4.72. The van der Waals surface area contributed by atoms with Gasteiger partial charge in [0, 0.05) is 17.8 Å². The molecule has 0 saturated heterocycles. The van der Waals surface area contributed by atoms with Crippen LogP contribution in [-0.4, -0.2) is 12.5 Å². The maximum Gasteiger partial charge on any atom is 0.255 e. The van der Waals surface area contributed by atoms with E-state index in [1.54, 1.807) is 0 Å². The third-order valence-corrected chi connectivity index (χ3v) is 4.44. The number of rotatable bonds is 5. The number of aryl methyl sites for hydroxylation is 2. The summed E-state index contributed by atoms with van der Waals surface area (Å²) in [6.45, 7) is 3.75. The molecule has 1 aliphatic carbocycles. The standard InChI is InChI=1S/C20H24N2O/c1-2-21-14-18-9-5-6-10-19(18)22-20(23)17-12-11-15-7-3-4-8-16(15)13-17/h5-6,9-13,21H,2-4,7-8,14H2,1H3,(H,22,23). The summed E-state index contributed by atoms with van der Waals surface area (Å²) in [5, 5.41) is 6.37. The highest BCUT2D eigenvalue weighted by atomic mass is 16.1. The molecule has 0 atom stereocenters. The summed E-state index contributed by atoms with van der Waals surface area (Å²) >= 11 is 0. The number of carbonyl (C=O) groups excluding carboxylic acids is 1. The number of para-hydroxylation sites is 1. The topological polar surface area (TPSA) is 41.1 Å². The van der Waals surface area contributed by atoms with Gasteiger partial charge < -0.3 is 10.6 Å². The number of carbonyl (C=O) groups is 1. The predicted octanol–water partition coefficient (Wildman–Crippen LogP) is 3.93. The van der Waals surface area contributed by atoms with Crippen LogP contribution in [0.1, 0.15) is 46.8 Å². The maximum atomic E-state index is 12.6. The Morgan fingerprint density at radius 2 is 1.83 bits per heavy atom. The second kappa shape index (κ2) is 7.42. The number of fused-ring (bicyclic) bond motifs is 1. The van der Waals surface area contributed by atoms with Gasteiger partial charge in [0.2, 0.25) is 0 Å². The van der Waals surface area contributed by atoms with Crippen LogP contribution >= 0.6 is 0 Å². The van der Waals surface area contributed by atoms with E-state index in [1.165, 1.54) is 24.0 Å². The average Bonchev–Trinajstić information content (AvgIpc) is 2.60. The van der Waals surface area contributed by atoms with Gasteiger partial charge in [-0.25, -0.2) is 0 Å². The fraction of sp³-hybridized carbons (Fsp3) is 0.350. The van der Waals surface area contributed by atoms with Crippen molar-refractivity contribution in [1.82, 2.24) is 5.32 Å². The quantitative estimate of drug-likeness (QED) is 0.879. The van der Waals surface area contributed by atoms with Crippen molar-refractivity contribution in [3.8, 4) is 0 Å². The molecule has 2 aromatic rings. The van der Waals surface area contributed by atoms with E-state index in [0.29, 0.717) is 0 Å². The van der Waals surface area contributed by atoms with Gasteiger partial charge in [0.1, 0.15) is 0 Å². The largest absolute Gasteiger partial charge is 0.322 e. The Kier molecular flexibility index (Phi) is 5.09. The van der Waals surface area contributed by atoms with Crippen LogP contribution < -0.4 is 10.6 Å². The number of benzene rings is 2. The van der Waals surface area contributed by atoms with Crippen LogP contribution in [0.3, 0.4) is 0 Å². The van der Waals surface area contributed by atoms with Crippen molar-refractivity contribution in [2.45, 2.75) is 39.2 Å². The molecule has 3 heteroatoms. The van der Waals surface area contributed by atoms with Crippen LogP contribution in [0, 0.1) is 0 Å². The van der Waals surface area contributed by atoms with Crippen molar-refractivity contribution in [1.29, 1.82) is 0 Å². The molecule has 1 aliphatic rings. The van der Waals surface area contributed by atoms with Gasteiger partial charge >= 0.3 is 0 Å². The molecule has 0 spiro atoms. The van der Waals surface area contributed by atoms with Crippen LogP contribution in [0.5, 0.6) is 0 Å². The summed E-state index contributed by atoms with van der Waals surface area (Å²) in [5.41, 5.74) is 5.49. The van der Waals surface area contributed by atoms with E-state index in [9.17, 15) is 4.79 Å². The first-order valence-corrected chi connectivity index (χ1v) is 8.49. The highest BCUT2D eigenvalue weighted by molar-refractivity contribution is 6.04.